The first kappa shape index (κ1) is 21.0. The van der Waals surface area contributed by atoms with Crippen molar-refractivity contribution < 1.29 is 19.1 Å². The number of carbonyl (C=O) groups is 3. The number of anilines is 1. The van der Waals surface area contributed by atoms with E-state index in [2.05, 4.69) is 4.90 Å². The largest absolute Gasteiger partial charge is 0.465 e. The first-order valence-electron chi connectivity index (χ1n) is 11.4. The molecule has 1 aromatic rings. The smallest absolute Gasteiger partial charge is 0.337 e. The summed E-state index contributed by atoms with van der Waals surface area (Å²) >= 11 is 0. The highest BCUT2D eigenvalue weighted by Crippen LogP contribution is 2.33. The molecule has 0 unspecified atom stereocenters. The Bertz CT molecular complexity index is 805. The molecule has 1 aliphatic carbocycles. The van der Waals surface area contributed by atoms with Crippen molar-refractivity contribution in [3.8, 4) is 0 Å². The average molecular weight is 413 g/mol. The number of hydrogen-bond acceptors (Lipinski definition) is 5. The number of rotatable bonds is 3. The second kappa shape index (κ2) is 9.29. The van der Waals surface area contributed by atoms with Crippen LogP contribution in [0.3, 0.4) is 0 Å². The molecule has 2 fully saturated rings. The van der Waals surface area contributed by atoms with Gasteiger partial charge in [-0.15, -0.1) is 0 Å². The minimum Gasteiger partial charge on any atom is -0.465 e. The van der Waals surface area contributed by atoms with Crippen LogP contribution in [-0.2, 0) is 20.7 Å². The van der Waals surface area contributed by atoms with E-state index in [1.165, 1.54) is 52.1 Å². The molecule has 1 saturated carbocycles. The van der Waals surface area contributed by atoms with Gasteiger partial charge in [0.25, 0.3) is 5.91 Å². The highest BCUT2D eigenvalue weighted by Gasteiger charge is 2.38. The van der Waals surface area contributed by atoms with Gasteiger partial charge < -0.3 is 14.5 Å². The van der Waals surface area contributed by atoms with Crippen LogP contribution in [0.5, 0.6) is 0 Å². The Balaban J connectivity index is 1.48. The van der Waals surface area contributed by atoms with E-state index < -0.39 is 17.7 Å². The summed E-state index contributed by atoms with van der Waals surface area (Å²) in [7, 11) is 1.34. The molecule has 6 heteroatoms. The van der Waals surface area contributed by atoms with Gasteiger partial charge in [-0.3, -0.25) is 9.59 Å². The lowest BCUT2D eigenvalue weighted by atomic mass is 9.91. The van der Waals surface area contributed by atoms with Crippen LogP contribution in [-0.4, -0.2) is 54.8 Å². The first-order chi connectivity index (χ1) is 14.6. The normalized spacial score (nSPS) is 22.4. The SMILES string of the molecule is COC(=O)c1ccc2c(c1)CC(=O)C(=O)N2C1CCN(C2CCCCCCC2)CC1. The van der Waals surface area contributed by atoms with E-state index >= 15 is 0 Å². The molecule has 0 radical (unpaired) electrons. The zero-order valence-corrected chi connectivity index (χ0v) is 17.9. The van der Waals surface area contributed by atoms with Crippen molar-refractivity contribution in [1.29, 1.82) is 0 Å². The van der Waals surface area contributed by atoms with Crippen LogP contribution in [0.15, 0.2) is 18.2 Å². The van der Waals surface area contributed by atoms with Crippen LogP contribution in [0.4, 0.5) is 5.69 Å². The molecule has 0 atom stereocenters. The second-order valence-electron chi connectivity index (χ2n) is 8.88. The number of piperidine rings is 1. The van der Waals surface area contributed by atoms with Crippen LogP contribution in [0.25, 0.3) is 0 Å². The third-order valence-electron chi connectivity index (χ3n) is 7.02. The summed E-state index contributed by atoms with van der Waals surface area (Å²) in [6, 6.07) is 5.88. The van der Waals surface area contributed by atoms with Gasteiger partial charge in [0.15, 0.2) is 0 Å². The standard InChI is InChI=1S/C24H32N2O4/c1-30-24(29)17-9-10-21-18(15-17)16-22(27)23(28)26(21)20-11-13-25(14-12-20)19-7-5-3-2-4-6-8-19/h9-10,15,19-20H,2-8,11-14,16H2,1H3. The molecule has 162 valence electrons. The van der Waals surface area contributed by atoms with Gasteiger partial charge in [0.1, 0.15) is 0 Å². The minimum atomic E-state index is -0.429. The van der Waals surface area contributed by atoms with Crippen LogP contribution >= 0.6 is 0 Å². The van der Waals surface area contributed by atoms with Gasteiger partial charge in [0.05, 0.1) is 12.7 Å². The van der Waals surface area contributed by atoms with Crippen LogP contribution in [0.2, 0.25) is 0 Å². The topological polar surface area (TPSA) is 66.9 Å². The number of ketones is 1. The number of nitrogens with zero attached hydrogens (tertiary/aromatic N) is 2. The fraction of sp³-hybridized carbons (Fsp3) is 0.625. The van der Waals surface area contributed by atoms with Gasteiger partial charge in [0, 0.05) is 37.3 Å². The summed E-state index contributed by atoms with van der Waals surface area (Å²) in [6.45, 7) is 1.95. The Kier molecular flexibility index (Phi) is 6.52. The molecule has 2 aliphatic heterocycles. The number of Topliss-reactive ketones (excluding diaryl/α,β-unsaturated/α-hetero) is 1. The number of amides is 1. The van der Waals surface area contributed by atoms with Crippen LogP contribution < -0.4 is 4.90 Å². The van der Waals surface area contributed by atoms with Crippen molar-refractivity contribution in [2.24, 2.45) is 0 Å². The highest BCUT2D eigenvalue weighted by atomic mass is 16.5. The molecule has 0 spiro atoms. The lowest BCUT2D eigenvalue weighted by Crippen LogP contribution is -2.53. The fourth-order valence-corrected chi connectivity index (χ4v) is 5.37. The van der Waals surface area contributed by atoms with Crippen LogP contribution in [0.1, 0.15) is 73.7 Å². The number of methoxy groups -OCH3 is 1. The summed E-state index contributed by atoms with van der Waals surface area (Å²) in [5.74, 6) is -1.23. The number of ether oxygens (including phenoxy) is 1. The van der Waals surface area contributed by atoms with E-state index in [0.29, 0.717) is 11.6 Å². The van der Waals surface area contributed by atoms with E-state index in [0.717, 1.165) is 37.2 Å². The van der Waals surface area contributed by atoms with Gasteiger partial charge >= 0.3 is 5.97 Å². The Morgan fingerprint density at radius 2 is 1.60 bits per heavy atom. The summed E-state index contributed by atoms with van der Waals surface area (Å²) in [5.41, 5.74) is 1.93. The van der Waals surface area contributed by atoms with Crippen molar-refractivity contribution in [1.82, 2.24) is 4.90 Å². The number of esters is 1. The average Bonchev–Trinajstić information content (AvgIpc) is 2.74. The third-order valence-corrected chi connectivity index (χ3v) is 7.02. The number of likely N-dealkylation sites (tertiary alicyclic amines) is 1. The predicted octanol–water partition coefficient (Wildman–Crippen LogP) is 3.51. The van der Waals surface area contributed by atoms with E-state index in [1.807, 2.05) is 0 Å². The lowest BCUT2D eigenvalue weighted by molar-refractivity contribution is -0.136. The molecule has 30 heavy (non-hydrogen) atoms. The molecule has 4 rings (SSSR count). The van der Waals surface area contributed by atoms with E-state index in [1.54, 1.807) is 23.1 Å². The summed E-state index contributed by atoms with van der Waals surface area (Å²) in [6.07, 6.45) is 11.1. The van der Waals surface area contributed by atoms with Gasteiger partial charge in [-0.05, 0) is 49.4 Å². The van der Waals surface area contributed by atoms with Gasteiger partial charge in [-0.25, -0.2) is 4.79 Å². The highest BCUT2D eigenvalue weighted by molar-refractivity contribution is 6.43. The fourth-order valence-electron chi connectivity index (χ4n) is 5.37. The van der Waals surface area contributed by atoms with Crippen molar-refractivity contribution in [3.63, 3.8) is 0 Å². The lowest BCUT2D eigenvalue weighted by Gasteiger charge is -2.43. The molecule has 1 saturated heterocycles. The van der Waals surface area contributed by atoms with Gasteiger partial charge in [-0.2, -0.15) is 0 Å². The quantitative estimate of drug-likeness (QED) is 0.561. The Hall–Kier alpha value is -2.21. The maximum Gasteiger partial charge on any atom is 0.337 e. The molecule has 1 aromatic carbocycles. The van der Waals surface area contributed by atoms with E-state index in [9.17, 15) is 14.4 Å². The van der Waals surface area contributed by atoms with Crippen molar-refractivity contribution in [2.75, 3.05) is 25.1 Å². The monoisotopic (exact) mass is 412 g/mol. The number of carbonyl (C=O) groups excluding carboxylic acids is 3. The maximum absolute atomic E-state index is 12.8. The molecule has 0 N–H and O–H groups in total. The maximum atomic E-state index is 12.8. The second-order valence-corrected chi connectivity index (χ2v) is 8.88. The number of fused-ring (bicyclic) bond motifs is 1. The molecular weight excluding hydrogens is 380 g/mol. The third kappa shape index (κ3) is 4.29. The zero-order chi connectivity index (χ0) is 21.1. The van der Waals surface area contributed by atoms with Crippen molar-refractivity contribution in [2.45, 2.75) is 76.3 Å². The molecule has 6 nitrogen and oxygen atoms in total. The summed E-state index contributed by atoms with van der Waals surface area (Å²) in [4.78, 5) is 41.4. The summed E-state index contributed by atoms with van der Waals surface area (Å²) < 4.78 is 4.79. The van der Waals surface area contributed by atoms with Gasteiger partial charge in [0.2, 0.25) is 5.78 Å². The van der Waals surface area contributed by atoms with E-state index in [4.69, 9.17) is 4.74 Å². The van der Waals surface area contributed by atoms with Crippen LogP contribution in [0, 0.1) is 0 Å². The zero-order valence-electron chi connectivity index (χ0n) is 17.9. The van der Waals surface area contributed by atoms with Crippen molar-refractivity contribution >= 4 is 23.3 Å². The Labute approximate surface area is 178 Å². The number of hydrogen-bond donors (Lipinski definition) is 0. The van der Waals surface area contributed by atoms with E-state index in [-0.39, 0.29) is 12.5 Å². The molecule has 3 aliphatic rings. The molecular formula is C24H32N2O4. The van der Waals surface area contributed by atoms with Crippen molar-refractivity contribution in [3.05, 3.63) is 29.3 Å². The minimum absolute atomic E-state index is 0.0364. The molecule has 0 aromatic heterocycles. The Morgan fingerprint density at radius 1 is 0.933 bits per heavy atom. The molecule has 2 heterocycles. The molecule has 0 bridgehead atoms. The number of benzene rings is 1. The predicted molar refractivity (Wildman–Crippen MR) is 115 cm³/mol. The van der Waals surface area contributed by atoms with Gasteiger partial charge in [-0.1, -0.05) is 32.1 Å². The Morgan fingerprint density at radius 3 is 2.27 bits per heavy atom. The summed E-state index contributed by atoms with van der Waals surface area (Å²) in [5, 5.41) is 0. The molecule has 1 amide bonds. The first-order valence-corrected chi connectivity index (χ1v) is 11.4.